The van der Waals surface area contributed by atoms with Crippen LogP contribution >= 0.6 is 11.8 Å². The van der Waals surface area contributed by atoms with Crippen molar-refractivity contribution in [2.45, 2.75) is 28.8 Å². The third-order valence-corrected chi connectivity index (χ3v) is 6.78. The number of hydrogen-bond donors (Lipinski definition) is 0. The minimum Gasteiger partial charge on any atom is -0.447 e. The molecule has 7 nitrogen and oxygen atoms in total. The molecular formula is C17H18N4O3S2. The summed E-state index contributed by atoms with van der Waals surface area (Å²) in [5.41, 5.74) is 0.934. The van der Waals surface area contributed by atoms with Crippen LogP contribution in [0.1, 0.15) is 18.6 Å². The number of furan rings is 1. The number of aromatic nitrogens is 3. The van der Waals surface area contributed by atoms with Crippen LogP contribution in [0.25, 0.3) is 5.69 Å². The summed E-state index contributed by atoms with van der Waals surface area (Å²) in [5.74, 6) is 1.05. The molecule has 1 saturated heterocycles. The fraction of sp³-hybridized carbons (Fsp3) is 0.294. The number of hydrogen-bond acceptors (Lipinski definition) is 6. The summed E-state index contributed by atoms with van der Waals surface area (Å²) in [4.78, 5) is 4.27. The van der Waals surface area contributed by atoms with Gasteiger partial charge in [-0.25, -0.2) is 18.1 Å². The van der Waals surface area contributed by atoms with Crippen molar-refractivity contribution in [2.75, 3.05) is 13.1 Å². The Bertz CT molecular complexity index is 976. The molecule has 2 aromatic heterocycles. The van der Waals surface area contributed by atoms with E-state index in [0.717, 1.165) is 18.5 Å². The van der Waals surface area contributed by atoms with Gasteiger partial charge in [0.15, 0.2) is 0 Å². The quantitative estimate of drug-likeness (QED) is 0.602. The first kappa shape index (κ1) is 17.3. The molecule has 1 aliphatic heterocycles. The van der Waals surface area contributed by atoms with Gasteiger partial charge in [0.2, 0.25) is 10.2 Å². The van der Waals surface area contributed by atoms with Gasteiger partial charge in [0.25, 0.3) is 10.0 Å². The van der Waals surface area contributed by atoms with Crippen molar-refractivity contribution in [3.05, 3.63) is 54.6 Å². The van der Waals surface area contributed by atoms with E-state index in [1.165, 1.54) is 22.1 Å². The highest BCUT2D eigenvalue weighted by atomic mass is 32.2. The smallest absolute Gasteiger partial charge is 0.276 e. The Morgan fingerprint density at radius 1 is 1.08 bits per heavy atom. The molecule has 9 heteroatoms. The van der Waals surface area contributed by atoms with E-state index >= 15 is 0 Å². The van der Waals surface area contributed by atoms with Gasteiger partial charge in [0.1, 0.15) is 12.1 Å². The predicted octanol–water partition coefficient (Wildman–Crippen LogP) is 2.94. The molecule has 0 radical (unpaired) electrons. The second-order valence-electron chi connectivity index (χ2n) is 5.93. The number of benzene rings is 1. The minimum atomic E-state index is -3.51. The van der Waals surface area contributed by atoms with Crippen LogP contribution in [0.15, 0.2) is 63.5 Å². The van der Waals surface area contributed by atoms with Crippen LogP contribution in [0.4, 0.5) is 0 Å². The third-order valence-electron chi connectivity index (χ3n) is 4.13. The van der Waals surface area contributed by atoms with Gasteiger partial charge in [-0.3, -0.25) is 0 Å². The summed E-state index contributed by atoms with van der Waals surface area (Å²) in [6.07, 6.45) is 3.46. The molecule has 0 N–H and O–H groups in total. The van der Waals surface area contributed by atoms with Crippen LogP contribution in [0.5, 0.6) is 0 Å². The molecule has 0 atom stereocenters. The molecule has 26 heavy (non-hydrogen) atoms. The molecule has 1 aliphatic rings. The Morgan fingerprint density at radius 3 is 2.62 bits per heavy atom. The van der Waals surface area contributed by atoms with Crippen molar-refractivity contribution in [2.24, 2.45) is 0 Å². The Kier molecular flexibility index (Phi) is 4.84. The van der Waals surface area contributed by atoms with Gasteiger partial charge in [-0.2, -0.15) is 4.31 Å². The summed E-state index contributed by atoms with van der Waals surface area (Å²) in [5, 5.41) is 5.03. The lowest BCUT2D eigenvalue weighted by Gasteiger charge is -2.12. The maximum Gasteiger partial charge on any atom is 0.276 e. The van der Waals surface area contributed by atoms with Crippen LogP contribution in [0, 0.1) is 0 Å². The molecule has 1 aromatic carbocycles. The van der Waals surface area contributed by atoms with E-state index in [0.29, 0.717) is 29.8 Å². The largest absolute Gasteiger partial charge is 0.447 e. The number of thioether (sulfide) groups is 1. The lowest BCUT2D eigenvalue weighted by atomic mass is 10.3. The standard InChI is InChI=1S/C17H18N4O3S2/c22-26(23,20-10-4-5-11-20)16-9-8-15(24-16)12-25-17-18-13-21(19-17)14-6-2-1-3-7-14/h1-3,6-9,13H,4-5,10-12H2. The maximum absolute atomic E-state index is 12.5. The molecule has 0 saturated carbocycles. The second-order valence-corrected chi connectivity index (χ2v) is 8.74. The monoisotopic (exact) mass is 390 g/mol. The summed E-state index contributed by atoms with van der Waals surface area (Å²) in [6, 6.07) is 12.9. The lowest BCUT2D eigenvalue weighted by molar-refractivity contribution is 0.397. The lowest BCUT2D eigenvalue weighted by Crippen LogP contribution is -2.27. The van der Waals surface area contributed by atoms with Gasteiger partial charge in [-0.05, 0) is 37.1 Å². The molecule has 0 spiro atoms. The molecular weight excluding hydrogens is 372 g/mol. The number of nitrogens with zero attached hydrogens (tertiary/aromatic N) is 4. The van der Waals surface area contributed by atoms with Crippen molar-refractivity contribution >= 4 is 21.8 Å². The Balaban J connectivity index is 1.42. The van der Waals surface area contributed by atoms with E-state index in [-0.39, 0.29) is 5.09 Å². The minimum absolute atomic E-state index is 0.0118. The van der Waals surface area contributed by atoms with Crippen LogP contribution in [-0.4, -0.2) is 40.6 Å². The van der Waals surface area contributed by atoms with E-state index in [2.05, 4.69) is 10.1 Å². The molecule has 1 fully saturated rings. The normalized spacial score (nSPS) is 15.5. The summed E-state index contributed by atoms with van der Waals surface area (Å²) < 4.78 is 33.7. The zero-order chi connectivity index (χ0) is 18.0. The van der Waals surface area contributed by atoms with E-state index in [4.69, 9.17) is 4.42 Å². The molecule has 0 aliphatic carbocycles. The highest BCUT2D eigenvalue weighted by molar-refractivity contribution is 7.98. The first-order valence-electron chi connectivity index (χ1n) is 8.32. The fourth-order valence-corrected chi connectivity index (χ4v) is 4.92. The summed E-state index contributed by atoms with van der Waals surface area (Å²) >= 11 is 1.40. The van der Waals surface area contributed by atoms with Gasteiger partial charge >= 0.3 is 0 Å². The maximum atomic E-state index is 12.5. The van der Waals surface area contributed by atoms with Gasteiger partial charge in [-0.15, -0.1) is 5.10 Å². The van der Waals surface area contributed by atoms with Crippen molar-refractivity contribution < 1.29 is 12.8 Å². The molecule has 136 valence electrons. The van der Waals surface area contributed by atoms with Gasteiger partial charge in [-0.1, -0.05) is 30.0 Å². The zero-order valence-electron chi connectivity index (χ0n) is 14.0. The van der Waals surface area contributed by atoms with E-state index in [1.54, 1.807) is 17.1 Å². The number of para-hydroxylation sites is 1. The summed E-state index contributed by atoms with van der Waals surface area (Å²) in [7, 11) is -3.51. The average molecular weight is 390 g/mol. The molecule has 0 unspecified atom stereocenters. The highest BCUT2D eigenvalue weighted by Gasteiger charge is 2.29. The molecule has 3 heterocycles. The Morgan fingerprint density at radius 2 is 1.85 bits per heavy atom. The second kappa shape index (κ2) is 7.26. The highest BCUT2D eigenvalue weighted by Crippen LogP contribution is 2.26. The third kappa shape index (κ3) is 3.55. The van der Waals surface area contributed by atoms with Gasteiger partial charge in [0.05, 0.1) is 11.4 Å². The van der Waals surface area contributed by atoms with Crippen LogP contribution in [-0.2, 0) is 15.8 Å². The molecule has 0 bridgehead atoms. The average Bonchev–Trinajstić information content (AvgIpc) is 3.42. The van der Waals surface area contributed by atoms with Gasteiger partial charge < -0.3 is 4.42 Å². The van der Waals surface area contributed by atoms with E-state index < -0.39 is 10.0 Å². The fourth-order valence-electron chi connectivity index (χ4n) is 2.78. The predicted molar refractivity (Wildman–Crippen MR) is 97.6 cm³/mol. The zero-order valence-corrected chi connectivity index (χ0v) is 15.6. The molecule has 4 rings (SSSR count). The van der Waals surface area contributed by atoms with Crippen molar-refractivity contribution in [3.8, 4) is 5.69 Å². The van der Waals surface area contributed by atoms with Crippen molar-refractivity contribution in [1.29, 1.82) is 0 Å². The number of sulfonamides is 1. The van der Waals surface area contributed by atoms with Crippen molar-refractivity contribution in [1.82, 2.24) is 19.1 Å². The van der Waals surface area contributed by atoms with E-state index in [9.17, 15) is 8.42 Å². The van der Waals surface area contributed by atoms with Crippen LogP contribution in [0.2, 0.25) is 0 Å². The first-order valence-corrected chi connectivity index (χ1v) is 10.7. The van der Waals surface area contributed by atoms with Crippen LogP contribution in [0.3, 0.4) is 0 Å². The Hall–Kier alpha value is -2.10. The van der Waals surface area contributed by atoms with E-state index in [1.807, 2.05) is 30.3 Å². The SMILES string of the molecule is O=S(=O)(c1ccc(CSc2ncn(-c3ccccc3)n2)o1)N1CCCC1. The molecule has 3 aromatic rings. The number of rotatable bonds is 6. The Labute approximate surface area is 156 Å². The van der Waals surface area contributed by atoms with Crippen LogP contribution < -0.4 is 0 Å². The van der Waals surface area contributed by atoms with Crippen molar-refractivity contribution in [3.63, 3.8) is 0 Å². The molecule has 0 amide bonds. The van der Waals surface area contributed by atoms with Gasteiger partial charge in [0, 0.05) is 13.1 Å². The first-order chi connectivity index (χ1) is 12.6. The topological polar surface area (TPSA) is 81.2 Å². The summed E-state index contributed by atoms with van der Waals surface area (Å²) in [6.45, 7) is 1.13.